The second kappa shape index (κ2) is 10.5. The molecule has 0 fully saturated rings. The van der Waals surface area contributed by atoms with Crippen molar-refractivity contribution in [2.24, 2.45) is 0 Å². The van der Waals surface area contributed by atoms with Gasteiger partial charge in [0.25, 0.3) is 11.5 Å². The van der Waals surface area contributed by atoms with E-state index in [1.807, 2.05) is 0 Å². The molecule has 0 aliphatic carbocycles. The van der Waals surface area contributed by atoms with Crippen LogP contribution in [-0.4, -0.2) is 64.2 Å². The van der Waals surface area contributed by atoms with Gasteiger partial charge in [-0.3, -0.25) is 24.5 Å². The third-order valence-electron chi connectivity index (χ3n) is 5.38. The first-order valence-electron chi connectivity index (χ1n) is 10.8. The number of aromatic amines is 2. The van der Waals surface area contributed by atoms with E-state index < -0.39 is 35.4 Å². The van der Waals surface area contributed by atoms with Gasteiger partial charge in [-0.1, -0.05) is 0 Å². The topological polar surface area (TPSA) is 242 Å². The van der Waals surface area contributed by atoms with Crippen molar-refractivity contribution in [2.45, 2.75) is 24.9 Å². The van der Waals surface area contributed by atoms with Gasteiger partial charge in [0.1, 0.15) is 12.0 Å². The van der Waals surface area contributed by atoms with Gasteiger partial charge >= 0.3 is 11.9 Å². The van der Waals surface area contributed by atoms with E-state index in [0.717, 1.165) is 0 Å². The minimum atomic E-state index is -1.45. The molecule has 2 atom stereocenters. The SMILES string of the molecule is Nc1nc2ncc(CNc3ccc(C(=O)N[C@@H](CC(C(=O)O)c4ccn[nH]4)C(=O)O)cc3)nc2c(=O)[nH]1. The van der Waals surface area contributed by atoms with Crippen LogP contribution in [0.2, 0.25) is 0 Å². The van der Waals surface area contributed by atoms with Crippen molar-refractivity contribution < 1.29 is 24.6 Å². The smallest absolute Gasteiger partial charge is 0.326 e. The first kappa shape index (κ1) is 24.8. The van der Waals surface area contributed by atoms with Crippen molar-refractivity contribution in [3.8, 4) is 0 Å². The van der Waals surface area contributed by atoms with Crippen LogP contribution in [0.25, 0.3) is 11.2 Å². The highest BCUT2D eigenvalue weighted by Crippen LogP contribution is 2.20. The van der Waals surface area contributed by atoms with Crippen LogP contribution in [0.4, 0.5) is 11.6 Å². The zero-order chi connectivity index (χ0) is 26.5. The predicted molar refractivity (Wildman–Crippen MR) is 129 cm³/mol. The van der Waals surface area contributed by atoms with Crippen LogP contribution in [0.5, 0.6) is 0 Å². The number of anilines is 2. The van der Waals surface area contributed by atoms with Gasteiger partial charge in [0, 0.05) is 23.1 Å². The highest BCUT2D eigenvalue weighted by molar-refractivity contribution is 5.97. The van der Waals surface area contributed by atoms with Crippen molar-refractivity contribution >= 4 is 40.6 Å². The monoisotopic (exact) mass is 507 g/mol. The van der Waals surface area contributed by atoms with Crippen molar-refractivity contribution in [1.82, 2.24) is 35.5 Å². The summed E-state index contributed by atoms with van der Waals surface area (Å²) in [6.07, 6.45) is 2.42. The molecule has 1 aromatic carbocycles. The number of benzene rings is 1. The molecule has 4 rings (SSSR count). The normalized spacial score (nSPS) is 12.5. The van der Waals surface area contributed by atoms with Gasteiger partial charge in [-0.2, -0.15) is 10.1 Å². The number of nitrogen functional groups attached to an aromatic ring is 1. The number of carbonyl (C=O) groups excluding carboxylic acids is 1. The van der Waals surface area contributed by atoms with E-state index in [4.69, 9.17) is 5.73 Å². The summed E-state index contributed by atoms with van der Waals surface area (Å²) in [6, 6.07) is 6.12. The van der Waals surface area contributed by atoms with Gasteiger partial charge in [0.15, 0.2) is 11.2 Å². The maximum atomic E-state index is 12.6. The van der Waals surface area contributed by atoms with Crippen molar-refractivity contribution in [1.29, 1.82) is 0 Å². The summed E-state index contributed by atoms with van der Waals surface area (Å²) in [7, 11) is 0. The molecule has 8 N–H and O–H groups in total. The van der Waals surface area contributed by atoms with Gasteiger partial charge in [0.2, 0.25) is 5.95 Å². The molecule has 0 spiro atoms. The molecule has 4 aromatic rings. The Labute approximate surface area is 207 Å². The summed E-state index contributed by atoms with van der Waals surface area (Å²) in [6.45, 7) is 0.212. The Morgan fingerprint density at radius 3 is 2.46 bits per heavy atom. The number of nitrogens with one attached hydrogen (secondary N) is 4. The first-order valence-corrected chi connectivity index (χ1v) is 10.8. The number of rotatable bonds is 10. The summed E-state index contributed by atoms with van der Waals surface area (Å²) in [5.74, 6) is -4.56. The molecule has 1 amide bonds. The second-order valence-electron chi connectivity index (χ2n) is 7.92. The molecule has 0 saturated heterocycles. The van der Waals surface area contributed by atoms with Crippen LogP contribution in [0.3, 0.4) is 0 Å². The molecule has 1 unspecified atom stereocenters. The van der Waals surface area contributed by atoms with E-state index in [0.29, 0.717) is 11.4 Å². The van der Waals surface area contributed by atoms with E-state index in [1.54, 1.807) is 12.1 Å². The van der Waals surface area contributed by atoms with Crippen molar-refractivity contribution in [2.75, 3.05) is 11.1 Å². The predicted octanol–water partition coefficient (Wildman–Crippen LogP) is 0.0720. The molecule has 15 heteroatoms. The number of hydrogen-bond donors (Lipinski definition) is 7. The van der Waals surface area contributed by atoms with E-state index >= 15 is 0 Å². The fourth-order valence-electron chi connectivity index (χ4n) is 3.51. The molecular formula is C22H21N9O6. The summed E-state index contributed by atoms with van der Waals surface area (Å²) in [5.41, 5.74) is 6.63. The summed E-state index contributed by atoms with van der Waals surface area (Å²) in [4.78, 5) is 62.5. The van der Waals surface area contributed by atoms with Crippen LogP contribution in [0.15, 0.2) is 47.5 Å². The molecule has 3 heterocycles. The van der Waals surface area contributed by atoms with Gasteiger partial charge in [0.05, 0.1) is 18.4 Å². The lowest BCUT2D eigenvalue weighted by molar-refractivity contribution is -0.141. The molecule has 3 aromatic heterocycles. The van der Waals surface area contributed by atoms with E-state index in [-0.39, 0.29) is 41.3 Å². The van der Waals surface area contributed by atoms with Gasteiger partial charge in [-0.15, -0.1) is 0 Å². The van der Waals surface area contributed by atoms with Gasteiger partial charge in [-0.25, -0.2) is 14.8 Å². The van der Waals surface area contributed by atoms with E-state index in [1.165, 1.54) is 30.6 Å². The third kappa shape index (κ3) is 5.84. The molecular weight excluding hydrogens is 486 g/mol. The Morgan fingerprint density at radius 2 is 1.81 bits per heavy atom. The molecule has 0 radical (unpaired) electrons. The summed E-state index contributed by atoms with van der Waals surface area (Å²) >= 11 is 0. The third-order valence-corrected chi connectivity index (χ3v) is 5.38. The number of hydrogen-bond acceptors (Lipinski definition) is 10. The number of H-pyrrole nitrogens is 2. The van der Waals surface area contributed by atoms with Crippen LogP contribution in [0.1, 0.15) is 34.1 Å². The molecule has 190 valence electrons. The van der Waals surface area contributed by atoms with Crippen LogP contribution in [0, 0.1) is 0 Å². The number of aromatic nitrogens is 6. The van der Waals surface area contributed by atoms with Gasteiger partial charge < -0.3 is 26.6 Å². The second-order valence-corrected chi connectivity index (χ2v) is 7.92. The minimum absolute atomic E-state index is 0.0474. The number of nitrogens with zero attached hydrogens (tertiary/aromatic N) is 4. The highest BCUT2D eigenvalue weighted by atomic mass is 16.4. The molecule has 0 bridgehead atoms. The van der Waals surface area contributed by atoms with E-state index in [2.05, 4.69) is 40.8 Å². The standard InChI is InChI=1S/C22H21N9O6/c23-22-29-17-16(19(33)30-22)27-12(9-25-17)8-24-11-3-1-10(2-4-11)18(32)28-15(21(36)37)7-13(20(34)35)14-5-6-26-31-14/h1-6,9,13,15,24H,7-8H2,(H,26,31)(H,28,32)(H,34,35)(H,36,37)(H3,23,25,29,30,33)/t13?,15-/m0/s1. The average molecular weight is 507 g/mol. The molecule has 0 aliphatic heterocycles. The maximum Gasteiger partial charge on any atom is 0.326 e. The minimum Gasteiger partial charge on any atom is -0.481 e. The zero-order valence-electron chi connectivity index (χ0n) is 19.0. The Balaban J connectivity index is 1.39. The number of amides is 1. The molecule has 0 saturated carbocycles. The van der Waals surface area contributed by atoms with Crippen LogP contribution >= 0.6 is 0 Å². The van der Waals surface area contributed by atoms with Crippen LogP contribution < -0.4 is 21.9 Å². The lowest BCUT2D eigenvalue weighted by Gasteiger charge is -2.18. The number of carboxylic acid groups (broad SMARTS) is 2. The van der Waals surface area contributed by atoms with Crippen molar-refractivity contribution in [3.63, 3.8) is 0 Å². The van der Waals surface area contributed by atoms with Gasteiger partial charge in [-0.05, 0) is 36.8 Å². The average Bonchev–Trinajstić information content (AvgIpc) is 3.39. The number of fused-ring (bicyclic) bond motifs is 1. The number of nitrogens with two attached hydrogens (primary N) is 1. The molecule has 15 nitrogen and oxygen atoms in total. The first-order chi connectivity index (χ1) is 17.7. The van der Waals surface area contributed by atoms with E-state index in [9.17, 15) is 29.4 Å². The fourth-order valence-corrected chi connectivity index (χ4v) is 3.51. The number of aliphatic carboxylic acids is 2. The summed E-state index contributed by atoms with van der Waals surface area (Å²) < 4.78 is 0. The van der Waals surface area contributed by atoms with Crippen molar-refractivity contribution in [3.05, 3.63) is 70.0 Å². The molecule has 0 aliphatic rings. The highest BCUT2D eigenvalue weighted by Gasteiger charge is 2.30. The Bertz CT molecular complexity index is 1500. The Morgan fingerprint density at radius 1 is 1.05 bits per heavy atom. The maximum absolute atomic E-state index is 12.6. The zero-order valence-corrected chi connectivity index (χ0v) is 19.0. The van der Waals surface area contributed by atoms with Crippen LogP contribution in [-0.2, 0) is 16.1 Å². The Kier molecular flexibility index (Phi) is 7.04. The molecule has 37 heavy (non-hydrogen) atoms. The fraction of sp³-hybridized carbons (Fsp3) is 0.182. The number of carboxylic acids is 2. The Hall–Kier alpha value is -5.34. The quantitative estimate of drug-likeness (QED) is 0.151. The lowest BCUT2D eigenvalue weighted by atomic mass is 9.96. The summed E-state index contributed by atoms with van der Waals surface area (Å²) in [5, 5.41) is 30.6. The number of carbonyl (C=O) groups is 3. The lowest BCUT2D eigenvalue weighted by Crippen LogP contribution is -2.42. The largest absolute Gasteiger partial charge is 0.481 e.